The Balaban J connectivity index is 1.92. The zero-order valence-electron chi connectivity index (χ0n) is 12.4. The van der Waals surface area contributed by atoms with E-state index in [0.29, 0.717) is 5.69 Å². The summed E-state index contributed by atoms with van der Waals surface area (Å²) in [5.74, 6) is 1.11. The summed E-state index contributed by atoms with van der Waals surface area (Å²) in [6, 6.07) is 3.75. The number of hydrogen-bond donors (Lipinski definition) is 1. The predicted molar refractivity (Wildman–Crippen MR) is 80.6 cm³/mol. The fourth-order valence-corrected chi connectivity index (χ4v) is 2.45. The van der Waals surface area contributed by atoms with Gasteiger partial charge in [-0.25, -0.2) is 4.98 Å². The van der Waals surface area contributed by atoms with Crippen molar-refractivity contribution in [3.8, 4) is 0 Å². The Morgan fingerprint density at radius 2 is 1.95 bits per heavy atom. The van der Waals surface area contributed by atoms with Crippen molar-refractivity contribution in [2.24, 2.45) is 0 Å². The molecule has 1 amide bonds. The number of nitrogens with two attached hydrogens (primary N) is 1. The van der Waals surface area contributed by atoms with Gasteiger partial charge in [0.2, 0.25) is 5.91 Å². The Hall–Kier alpha value is -1.82. The lowest BCUT2D eigenvalue weighted by molar-refractivity contribution is -0.133. The Morgan fingerprint density at radius 1 is 1.30 bits per heavy atom. The van der Waals surface area contributed by atoms with Crippen LogP contribution in [0.5, 0.6) is 0 Å². The Labute approximate surface area is 120 Å². The van der Waals surface area contributed by atoms with Crippen molar-refractivity contribution in [3.63, 3.8) is 0 Å². The van der Waals surface area contributed by atoms with E-state index in [1.165, 1.54) is 0 Å². The fraction of sp³-hybridized carbons (Fsp3) is 0.571. The van der Waals surface area contributed by atoms with Crippen LogP contribution >= 0.6 is 0 Å². The van der Waals surface area contributed by atoms with Gasteiger partial charge in [0, 0.05) is 40.3 Å². The number of pyridine rings is 1. The van der Waals surface area contributed by atoms with Crippen LogP contribution in [0.15, 0.2) is 18.3 Å². The maximum absolute atomic E-state index is 12.0. The van der Waals surface area contributed by atoms with Crippen LogP contribution in [-0.4, -0.2) is 67.0 Å². The van der Waals surface area contributed by atoms with Gasteiger partial charge in [-0.3, -0.25) is 9.69 Å². The molecule has 2 rings (SSSR count). The number of anilines is 2. The molecule has 2 N–H and O–H groups in total. The van der Waals surface area contributed by atoms with Crippen LogP contribution in [0.25, 0.3) is 0 Å². The van der Waals surface area contributed by atoms with Gasteiger partial charge in [0.05, 0.1) is 17.9 Å². The predicted octanol–water partition coefficient (Wildman–Crippen LogP) is 0.263. The highest BCUT2D eigenvalue weighted by atomic mass is 16.2. The molecule has 0 aromatic carbocycles. The van der Waals surface area contributed by atoms with Crippen LogP contribution in [0.3, 0.4) is 0 Å². The van der Waals surface area contributed by atoms with Gasteiger partial charge in [-0.1, -0.05) is 0 Å². The first-order valence-electron chi connectivity index (χ1n) is 6.90. The van der Waals surface area contributed by atoms with Crippen molar-refractivity contribution in [1.82, 2.24) is 14.8 Å². The smallest absolute Gasteiger partial charge is 0.239 e. The SMILES string of the molecule is CC(C(=O)N(C)C)N1CCN(c2ccc(N)cn2)CC1. The second-order valence-electron chi connectivity index (χ2n) is 5.38. The van der Waals surface area contributed by atoms with Crippen molar-refractivity contribution >= 4 is 17.4 Å². The van der Waals surface area contributed by atoms with E-state index >= 15 is 0 Å². The third-order valence-corrected chi connectivity index (χ3v) is 3.75. The summed E-state index contributed by atoms with van der Waals surface area (Å²) in [4.78, 5) is 22.4. The maximum atomic E-state index is 12.0. The Kier molecular flexibility index (Phi) is 4.44. The first-order valence-corrected chi connectivity index (χ1v) is 6.90. The largest absolute Gasteiger partial charge is 0.397 e. The molecule has 0 bridgehead atoms. The highest BCUT2D eigenvalue weighted by Crippen LogP contribution is 2.16. The summed E-state index contributed by atoms with van der Waals surface area (Å²) in [6.45, 7) is 5.46. The van der Waals surface area contributed by atoms with Gasteiger partial charge in [0.25, 0.3) is 0 Å². The molecule has 1 saturated heterocycles. The standard InChI is InChI=1S/C14H23N5O/c1-11(14(20)17(2)3)18-6-8-19(9-7-18)13-5-4-12(15)10-16-13/h4-5,10-11H,6-9,15H2,1-3H3. The highest BCUT2D eigenvalue weighted by molar-refractivity contribution is 5.81. The summed E-state index contributed by atoms with van der Waals surface area (Å²) in [7, 11) is 3.60. The molecule has 110 valence electrons. The van der Waals surface area contributed by atoms with Gasteiger partial charge in [-0.15, -0.1) is 0 Å². The van der Waals surface area contributed by atoms with Gasteiger partial charge in [0.1, 0.15) is 5.82 Å². The molecule has 6 heteroatoms. The molecule has 2 heterocycles. The monoisotopic (exact) mass is 277 g/mol. The van der Waals surface area contributed by atoms with Gasteiger partial charge < -0.3 is 15.5 Å². The van der Waals surface area contributed by atoms with E-state index in [0.717, 1.165) is 32.0 Å². The molecule has 1 aromatic heterocycles. The molecule has 1 fully saturated rings. The summed E-state index contributed by atoms with van der Waals surface area (Å²) in [5, 5.41) is 0. The number of nitrogen functional groups attached to an aromatic ring is 1. The number of hydrogen-bond acceptors (Lipinski definition) is 5. The van der Waals surface area contributed by atoms with E-state index < -0.39 is 0 Å². The molecule has 20 heavy (non-hydrogen) atoms. The summed E-state index contributed by atoms with van der Waals surface area (Å²) in [5.41, 5.74) is 6.33. The molecule has 0 aliphatic carbocycles. The number of carbonyl (C=O) groups is 1. The molecule has 1 aliphatic rings. The minimum absolute atomic E-state index is 0.0634. The molecule has 0 radical (unpaired) electrons. The second-order valence-corrected chi connectivity index (χ2v) is 5.38. The van der Waals surface area contributed by atoms with Crippen LogP contribution in [0, 0.1) is 0 Å². The molecular weight excluding hydrogens is 254 g/mol. The average Bonchev–Trinajstić information content (AvgIpc) is 2.46. The van der Waals surface area contributed by atoms with Crippen LogP contribution in [0.1, 0.15) is 6.92 Å². The number of nitrogens with zero attached hydrogens (tertiary/aromatic N) is 4. The third-order valence-electron chi connectivity index (χ3n) is 3.75. The molecular formula is C14H23N5O. The molecule has 1 atom stereocenters. The quantitative estimate of drug-likeness (QED) is 0.858. The van der Waals surface area contributed by atoms with Gasteiger partial charge in [0.15, 0.2) is 0 Å². The van der Waals surface area contributed by atoms with Crippen molar-refractivity contribution in [2.75, 3.05) is 50.9 Å². The number of rotatable bonds is 3. The van der Waals surface area contributed by atoms with Crippen molar-refractivity contribution < 1.29 is 4.79 Å². The number of likely N-dealkylation sites (N-methyl/N-ethyl adjacent to an activating group) is 1. The topological polar surface area (TPSA) is 65.7 Å². The van der Waals surface area contributed by atoms with E-state index in [1.54, 1.807) is 25.2 Å². The van der Waals surface area contributed by atoms with Crippen molar-refractivity contribution in [1.29, 1.82) is 0 Å². The van der Waals surface area contributed by atoms with E-state index in [9.17, 15) is 4.79 Å². The molecule has 1 unspecified atom stereocenters. The van der Waals surface area contributed by atoms with Crippen molar-refractivity contribution in [2.45, 2.75) is 13.0 Å². The first-order chi connectivity index (χ1) is 9.49. The maximum Gasteiger partial charge on any atom is 0.239 e. The average molecular weight is 277 g/mol. The molecule has 6 nitrogen and oxygen atoms in total. The number of amides is 1. The fourth-order valence-electron chi connectivity index (χ4n) is 2.45. The summed E-state index contributed by atoms with van der Waals surface area (Å²) in [6.07, 6.45) is 1.68. The molecule has 1 aliphatic heterocycles. The zero-order chi connectivity index (χ0) is 14.7. The highest BCUT2D eigenvalue weighted by Gasteiger charge is 2.26. The van der Waals surface area contributed by atoms with Crippen LogP contribution < -0.4 is 10.6 Å². The van der Waals surface area contributed by atoms with E-state index in [-0.39, 0.29) is 11.9 Å². The lowest BCUT2D eigenvalue weighted by Crippen LogP contribution is -2.53. The Morgan fingerprint density at radius 3 is 2.45 bits per heavy atom. The number of aromatic nitrogens is 1. The van der Waals surface area contributed by atoms with Crippen LogP contribution in [0.2, 0.25) is 0 Å². The van der Waals surface area contributed by atoms with Gasteiger partial charge in [-0.2, -0.15) is 0 Å². The number of piperazine rings is 1. The van der Waals surface area contributed by atoms with Crippen LogP contribution in [0.4, 0.5) is 11.5 Å². The van der Waals surface area contributed by atoms with Gasteiger partial charge in [-0.05, 0) is 19.1 Å². The minimum Gasteiger partial charge on any atom is -0.397 e. The lowest BCUT2D eigenvalue weighted by Gasteiger charge is -2.38. The van der Waals surface area contributed by atoms with E-state index in [2.05, 4.69) is 14.8 Å². The zero-order valence-corrected chi connectivity index (χ0v) is 12.4. The third kappa shape index (κ3) is 3.19. The molecule has 1 aromatic rings. The summed E-state index contributed by atoms with van der Waals surface area (Å²) < 4.78 is 0. The molecule has 0 spiro atoms. The normalized spacial score (nSPS) is 17.9. The number of carbonyl (C=O) groups excluding carboxylic acids is 1. The van der Waals surface area contributed by atoms with Crippen molar-refractivity contribution in [3.05, 3.63) is 18.3 Å². The second kappa shape index (κ2) is 6.09. The lowest BCUT2D eigenvalue weighted by atomic mass is 10.2. The minimum atomic E-state index is -0.0634. The molecule has 0 saturated carbocycles. The summed E-state index contributed by atoms with van der Waals surface area (Å²) >= 11 is 0. The Bertz CT molecular complexity index is 451. The first kappa shape index (κ1) is 14.6. The van der Waals surface area contributed by atoms with E-state index in [4.69, 9.17) is 5.73 Å². The van der Waals surface area contributed by atoms with Gasteiger partial charge >= 0.3 is 0 Å². The van der Waals surface area contributed by atoms with E-state index in [1.807, 2.05) is 19.1 Å². The van der Waals surface area contributed by atoms with Crippen LogP contribution in [-0.2, 0) is 4.79 Å².